The molecule has 0 saturated carbocycles. The smallest absolute Gasteiger partial charge is 0.472 e. The van der Waals surface area contributed by atoms with Crippen LogP contribution in [0.5, 0.6) is 0 Å². The Morgan fingerprint density at radius 3 is 1.45 bits per heavy atom. The zero-order valence-electron chi connectivity index (χ0n) is 35.5. The van der Waals surface area contributed by atoms with Crippen molar-refractivity contribution in [2.75, 3.05) is 47.5 Å². The molecule has 0 aliphatic carbocycles. The third kappa shape index (κ3) is 41.8. The van der Waals surface area contributed by atoms with Crippen LogP contribution in [0.3, 0.4) is 0 Å². The first-order valence-corrected chi connectivity index (χ1v) is 23.6. The molecule has 314 valence electrons. The number of unbranched alkanes of at least 4 members (excludes halogenated alkanes) is 25. The van der Waals surface area contributed by atoms with E-state index in [9.17, 15) is 14.3 Å². The van der Waals surface area contributed by atoms with Crippen LogP contribution < -0.4 is 0 Å². The number of hydrogen-bond donors (Lipinski definition) is 1. The molecule has 0 aromatic rings. The maximum absolute atomic E-state index is 12.6. The Labute approximate surface area is 328 Å². The van der Waals surface area contributed by atoms with Gasteiger partial charge in [-0.2, -0.15) is 0 Å². The summed E-state index contributed by atoms with van der Waals surface area (Å²) in [5, 5.41) is 0. The fourth-order valence-corrected chi connectivity index (χ4v) is 6.84. The Hall–Kier alpha value is -1.18. The van der Waals surface area contributed by atoms with Crippen molar-refractivity contribution in [3.05, 3.63) is 24.5 Å². The first-order valence-electron chi connectivity index (χ1n) is 22.1. The van der Waals surface area contributed by atoms with Crippen LogP contribution >= 0.6 is 7.82 Å². The number of ether oxygens (including phenoxy) is 2. The van der Waals surface area contributed by atoms with Crippen molar-refractivity contribution in [2.24, 2.45) is 0 Å². The number of carbonyl (C=O) groups excluding carboxylic acids is 1. The van der Waals surface area contributed by atoms with Gasteiger partial charge in [0, 0.05) is 6.42 Å². The molecule has 8 nitrogen and oxygen atoms in total. The van der Waals surface area contributed by atoms with Crippen LogP contribution in [0.2, 0.25) is 0 Å². The number of phosphoric acid groups is 1. The Kier molecular flexibility index (Phi) is 36.9. The van der Waals surface area contributed by atoms with Gasteiger partial charge in [0.2, 0.25) is 0 Å². The van der Waals surface area contributed by atoms with Gasteiger partial charge < -0.3 is 18.9 Å². The van der Waals surface area contributed by atoms with E-state index in [1.54, 1.807) is 6.26 Å². The zero-order chi connectivity index (χ0) is 39.1. The Balaban J connectivity index is 4.26. The number of likely N-dealkylation sites (N-methyl/N-ethyl adjacent to an activating group) is 1. The van der Waals surface area contributed by atoms with Crippen molar-refractivity contribution in [1.29, 1.82) is 0 Å². The molecule has 2 atom stereocenters. The van der Waals surface area contributed by atoms with Crippen molar-refractivity contribution in [3.8, 4) is 0 Å². The van der Waals surface area contributed by atoms with E-state index in [4.69, 9.17) is 18.5 Å². The van der Waals surface area contributed by atoms with Gasteiger partial charge in [0.1, 0.15) is 19.8 Å². The van der Waals surface area contributed by atoms with Crippen molar-refractivity contribution in [1.82, 2.24) is 0 Å². The van der Waals surface area contributed by atoms with Gasteiger partial charge in [-0.05, 0) is 51.0 Å². The largest absolute Gasteiger partial charge is 0.498 e. The van der Waals surface area contributed by atoms with E-state index in [1.165, 1.54) is 135 Å². The topological polar surface area (TPSA) is 91.3 Å². The highest BCUT2D eigenvalue weighted by Gasteiger charge is 2.26. The lowest BCUT2D eigenvalue weighted by Crippen LogP contribution is -2.37. The van der Waals surface area contributed by atoms with Crippen molar-refractivity contribution < 1.29 is 37.3 Å². The van der Waals surface area contributed by atoms with E-state index < -0.39 is 13.9 Å². The summed E-state index contributed by atoms with van der Waals surface area (Å²) in [6.07, 6.45) is 43.1. The molecule has 0 saturated heterocycles. The highest BCUT2D eigenvalue weighted by molar-refractivity contribution is 7.47. The minimum atomic E-state index is -4.29. The molecule has 9 heteroatoms. The third-order valence-electron chi connectivity index (χ3n) is 9.58. The first kappa shape index (κ1) is 51.8. The first-order chi connectivity index (χ1) is 25.6. The van der Waals surface area contributed by atoms with E-state index in [-0.39, 0.29) is 25.8 Å². The standard InChI is InChI=1S/C44H86NO7P/c1-6-8-10-12-14-16-18-20-21-22-23-24-26-28-30-32-34-36-39-49-41-43(42-51-53(47,48)50-40-38-45(3,4)5)52-44(46)37-35-33-31-29-27-25-19-17-15-13-11-9-7-2/h25,27,36,39,43H,6-24,26,28-35,37-38,40-42H2,1-5H3/p+1/b27-25+,39-36+/t43-/m1/s1. The molecule has 0 aliphatic rings. The molecule has 0 spiro atoms. The molecule has 0 rings (SSSR count). The summed E-state index contributed by atoms with van der Waals surface area (Å²) in [6.45, 7) is 4.92. The molecule has 0 aromatic carbocycles. The van der Waals surface area contributed by atoms with Gasteiger partial charge in [-0.25, -0.2) is 4.57 Å². The van der Waals surface area contributed by atoms with Crippen LogP contribution in [-0.4, -0.2) is 69.0 Å². The average molecular weight is 773 g/mol. The predicted molar refractivity (Wildman–Crippen MR) is 224 cm³/mol. The van der Waals surface area contributed by atoms with Gasteiger partial charge in [-0.15, -0.1) is 0 Å². The van der Waals surface area contributed by atoms with Gasteiger partial charge in [0.25, 0.3) is 0 Å². The molecule has 0 bridgehead atoms. The number of hydrogen-bond acceptors (Lipinski definition) is 6. The minimum absolute atomic E-state index is 0.0451. The second-order valence-electron chi connectivity index (χ2n) is 16.1. The van der Waals surface area contributed by atoms with E-state index in [0.29, 0.717) is 17.4 Å². The summed E-state index contributed by atoms with van der Waals surface area (Å²) in [7, 11) is 1.63. The summed E-state index contributed by atoms with van der Waals surface area (Å²) >= 11 is 0. The van der Waals surface area contributed by atoms with Crippen LogP contribution in [-0.2, 0) is 27.9 Å². The number of phosphoric ester groups is 1. The number of allylic oxidation sites excluding steroid dienone is 3. The highest BCUT2D eigenvalue weighted by atomic mass is 31.2. The number of rotatable bonds is 41. The monoisotopic (exact) mass is 773 g/mol. The second-order valence-corrected chi connectivity index (χ2v) is 17.6. The zero-order valence-corrected chi connectivity index (χ0v) is 36.4. The third-order valence-corrected chi connectivity index (χ3v) is 10.6. The van der Waals surface area contributed by atoms with Crippen molar-refractivity contribution in [2.45, 2.75) is 206 Å². The van der Waals surface area contributed by atoms with Crippen LogP contribution in [0.4, 0.5) is 0 Å². The molecule has 0 heterocycles. The summed E-state index contributed by atoms with van der Waals surface area (Å²) in [6, 6.07) is 0. The minimum Gasteiger partial charge on any atom is -0.498 e. The van der Waals surface area contributed by atoms with Crippen molar-refractivity contribution >= 4 is 13.8 Å². The van der Waals surface area contributed by atoms with Gasteiger partial charge in [-0.3, -0.25) is 13.8 Å². The SMILES string of the molecule is CCCCCCCC/C=C/CCCCCC(=O)O[C@H](CO/C=C/CCCCCCCCCCCCCCCCCC)COP(=O)(O)OCC[N+](C)(C)C. The van der Waals surface area contributed by atoms with E-state index in [1.807, 2.05) is 27.2 Å². The quantitative estimate of drug-likeness (QED) is 0.0165. The van der Waals surface area contributed by atoms with Gasteiger partial charge in [0.15, 0.2) is 6.10 Å². The lowest BCUT2D eigenvalue weighted by Gasteiger charge is -2.24. The molecule has 1 N–H and O–H groups in total. The van der Waals surface area contributed by atoms with Gasteiger partial charge in [-0.1, -0.05) is 161 Å². The Morgan fingerprint density at radius 1 is 0.585 bits per heavy atom. The van der Waals surface area contributed by atoms with Crippen molar-refractivity contribution in [3.63, 3.8) is 0 Å². The number of nitrogens with zero attached hydrogens (tertiary/aromatic N) is 1. The molecule has 0 radical (unpaired) electrons. The highest BCUT2D eigenvalue weighted by Crippen LogP contribution is 2.43. The molecule has 0 aliphatic heterocycles. The molecule has 53 heavy (non-hydrogen) atoms. The fourth-order valence-electron chi connectivity index (χ4n) is 6.10. The van der Waals surface area contributed by atoms with Gasteiger partial charge in [0.05, 0.1) is 34.0 Å². The molecule has 0 fully saturated rings. The van der Waals surface area contributed by atoms with E-state index in [0.717, 1.165) is 44.9 Å². The normalized spacial score (nSPS) is 13.9. The van der Waals surface area contributed by atoms with Gasteiger partial charge >= 0.3 is 13.8 Å². The predicted octanol–water partition coefficient (Wildman–Crippen LogP) is 13.2. The van der Waals surface area contributed by atoms with Crippen LogP contribution in [0.1, 0.15) is 200 Å². The maximum Gasteiger partial charge on any atom is 0.472 e. The molecule has 1 unspecified atom stereocenters. The molecular weight excluding hydrogens is 685 g/mol. The number of quaternary nitrogens is 1. The lowest BCUT2D eigenvalue weighted by atomic mass is 10.0. The lowest BCUT2D eigenvalue weighted by molar-refractivity contribution is -0.870. The number of esters is 1. The summed E-state index contributed by atoms with van der Waals surface area (Å²) in [4.78, 5) is 22.8. The number of carbonyl (C=O) groups is 1. The van der Waals surface area contributed by atoms with Crippen LogP contribution in [0.15, 0.2) is 24.5 Å². The van der Waals surface area contributed by atoms with E-state index in [2.05, 4.69) is 26.0 Å². The molecule has 0 aromatic heterocycles. The Bertz CT molecular complexity index is 905. The molecule has 0 amide bonds. The molecular formula is C44H87NO7P+. The van der Waals surface area contributed by atoms with E-state index >= 15 is 0 Å². The summed E-state index contributed by atoms with van der Waals surface area (Å²) in [5.74, 6) is -0.350. The maximum atomic E-state index is 12.6. The summed E-state index contributed by atoms with van der Waals surface area (Å²) in [5.41, 5.74) is 0. The average Bonchev–Trinajstić information content (AvgIpc) is 3.11. The second kappa shape index (κ2) is 37.7. The Morgan fingerprint density at radius 2 is 1.00 bits per heavy atom. The fraction of sp³-hybridized carbons (Fsp3) is 0.886. The van der Waals surface area contributed by atoms with Crippen LogP contribution in [0, 0.1) is 0 Å². The summed E-state index contributed by atoms with van der Waals surface area (Å²) < 4.78 is 34.7. The van der Waals surface area contributed by atoms with Crippen LogP contribution in [0.25, 0.3) is 0 Å².